The number of carbonyl (C=O) groups is 2. The number of nitrogens with zero attached hydrogens (tertiary/aromatic N) is 4. The highest BCUT2D eigenvalue weighted by atomic mass is 16.5. The van der Waals surface area contributed by atoms with Crippen molar-refractivity contribution in [2.45, 2.75) is 33.6 Å². The van der Waals surface area contributed by atoms with Crippen LogP contribution in [0.2, 0.25) is 0 Å². The number of carbonyl (C=O) groups excluding carboxylic acids is 2. The van der Waals surface area contributed by atoms with Crippen molar-refractivity contribution in [3.63, 3.8) is 0 Å². The van der Waals surface area contributed by atoms with Crippen LogP contribution in [0, 0.1) is 25.2 Å². The van der Waals surface area contributed by atoms with Crippen molar-refractivity contribution in [2.24, 2.45) is 0 Å². The maximum Gasteiger partial charge on any atom is 0.331 e. The second-order valence-corrected chi connectivity index (χ2v) is 8.21. The first-order valence-electron chi connectivity index (χ1n) is 11.2. The number of pyridine rings is 1. The van der Waals surface area contributed by atoms with Crippen molar-refractivity contribution in [3.8, 4) is 17.7 Å². The molecule has 1 saturated heterocycles. The smallest absolute Gasteiger partial charge is 0.331 e. The van der Waals surface area contributed by atoms with Gasteiger partial charge in [0.1, 0.15) is 5.75 Å². The van der Waals surface area contributed by atoms with Crippen molar-refractivity contribution in [2.75, 3.05) is 11.9 Å². The lowest BCUT2D eigenvalue weighted by atomic mass is 10.1. The number of benzene rings is 2. The summed E-state index contributed by atoms with van der Waals surface area (Å²) in [5.74, 6) is 0.900. The van der Waals surface area contributed by atoms with Crippen molar-refractivity contribution < 1.29 is 14.3 Å². The molecule has 1 aliphatic rings. The zero-order valence-corrected chi connectivity index (χ0v) is 19.8. The fourth-order valence-electron chi connectivity index (χ4n) is 3.73. The van der Waals surface area contributed by atoms with Crippen LogP contribution in [0.5, 0.6) is 11.6 Å². The van der Waals surface area contributed by atoms with Gasteiger partial charge < -0.3 is 10.1 Å². The van der Waals surface area contributed by atoms with Crippen LogP contribution in [0.3, 0.4) is 0 Å². The summed E-state index contributed by atoms with van der Waals surface area (Å²) in [7, 11) is 0. The lowest BCUT2D eigenvalue weighted by Crippen LogP contribution is -2.66. The third-order valence-corrected chi connectivity index (χ3v) is 5.64. The molecule has 4 amide bonds. The molecule has 1 aliphatic heterocycles. The van der Waals surface area contributed by atoms with Crippen LogP contribution in [-0.4, -0.2) is 39.7 Å². The Morgan fingerprint density at radius 2 is 1.89 bits per heavy atom. The van der Waals surface area contributed by atoms with E-state index in [-0.39, 0.29) is 12.6 Å². The number of amides is 4. The molecule has 0 aliphatic carbocycles. The Kier molecular flexibility index (Phi) is 6.83. The van der Waals surface area contributed by atoms with Gasteiger partial charge in [-0.1, -0.05) is 29.8 Å². The van der Waals surface area contributed by atoms with E-state index in [0.717, 1.165) is 16.7 Å². The number of imide groups is 1. The van der Waals surface area contributed by atoms with Gasteiger partial charge in [0.25, 0.3) is 0 Å². The van der Waals surface area contributed by atoms with Crippen molar-refractivity contribution >= 4 is 17.7 Å². The van der Waals surface area contributed by atoms with E-state index in [4.69, 9.17) is 10.00 Å². The molecule has 9 nitrogen and oxygen atoms in total. The monoisotopic (exact) mass is 470 g/mol. The average Bonchev–Trinajstić information content (AvgIpc) is 2.85. The third kappa shape index (κ3) is 5.33. The number of urea groups is 2. The quantitative estimate of drug-likeness (QED) is 0.517. The molecule has 4 rings (SSSR count). The Bertz CT molecular complexity index is 1280. The van der Waals surface area contributed by atoms with E-state index in [2.05, 4.69) is 21.7 Å². The summed E-state index contributed by atoms with van der Waals surface area (Å²) in [5, 5.41) is 15.2. The molecule has 0 saturated carbocycles. The molecule has 0 spiro atoms. The van der Waals surface area contributed by atoms with E-state index >= 15 is 0 Å². The Balaban J connectivity index is 1.54. The standard InChI is InChI=1S/C26H26N6O3/c1-4-31-25(33)30-24(32(26(31)34)16-19-7-5-17(2)6-8-19)29-21-9-10-22(18(3)13-21)35-23-14-20(15-27)11-12-28-23/h5-14,24,29H,4,16H2,1-3H3,(H,30,33). The van der Waals surface area contributed by atoms with E-state index in [9.17, 15) is 9.59 Å². The van der Waals surface area contributed by atoms with Crippen LogP contribution in [0.25, 0.3) is 0 Å². The molecule has 1 atom stereocenters. The van der Waals surface area contributed by atoms with E-state index in [1.54, 1.807) is 36.1 Å². The van der Waals surface area contributed by atoms with Gasteiger partial charge >= 0.3 is 12.1 Å². The van der Waals surface area contributed by atoms with E-state index in [1.807, 2.05) is 44.2 Å². The minimum absolute atomic E-state index is 0.272. The predicted octanol–water partition coefficient (Wildman–Crippen LogP) is 4.73. The number of rotatable bonds is 7. The van der Waals surface area contributed by atoms with Crippen molar-refractivity contribution in [1.29, 1.82) is 5.26 Å². The molecule has 0 bridgehead atoms. The van der Waals surface area contributed by atoms with Crippen molar-refractivity contribution in [3.05, 3.63) is 83.0 Å². The largest absolute Gasteiger partial charge is 0.439 e. The normalized spacial score (nSPS) is 15.4. The van der Waals surface area contributed by atoms with Gasteiger partial charge in [-0.25, -0.2) is 19.5 Å². The van der Waals surface area contributed by atoms with Crippen LogP contribution in [0.15, 0.2) is 60.8 Å². The Labute approximate surface area is 203 Å². The molecule has 1 fully saturated rings. The number of ether oxygens (including phenoxy) is 1. The third-order valence-electron chi connectivity index (χ3n) is 5.64. The van der Waals surface area contributed by atoms with Gasteiger partial charge in [0.2, 0.25) is 5.88 Å². The average molecular weight is 471 g/mol. The second-order valence-electron chi connectivity index (χ2n) is 8.21. The summed E-state index contributed by atoms with van der Waals surface area (Å²) in [5.41, 5.74) is 4.05. The van der Waals surface area contributed by atoms with Crippen LogP contribution in [0.4, 0.5) is 15.3 Å². The molecule has 1 unspecified atom stereocenters. The molecule has 1 aromatic heterocycles. The van der Waals surface area contributed by atoms with Crippen LogP contribution >= 0.6 is 0 Å². The van der Waals surface area contributed by atoms with Gasteiger partial charge in [0.15, 0.2) is 6.29 Å². The highest BCUT2D eigenvalue weighted by Crippen LogP contribution is 2.27. The number of hydrogen-bond acceptors (Lipinski definition) is 6. The van der Waals surface area contributed by atoms with Gasteiger partial charge in [-0.15, -0.1) is 0 Å². The van der Waals surface area contributed by atoms with E-state index in [1.165, 1.54) is 11.1 Å². The fourth-order valence-corrected chi connectivity index (χ4v) is 3.73. The molecular weight excluding hydrogens is 444 g/mol. The Morgan fingerprint density at radius 1 is 1.11 bits per heavy atom. The molecule has 2 heterocycles. The van der Waals surface area contributed by atoms with Gasteiger partial charge in [-0.3, -0.25) is 10.2 Å². The van der Waals surface area contributed by atoms with Crippen LogP contribution < -0.4 is 15.4 Å². The molecular formula is C26H26N6O3. The molecule has 9 heteroatoms. The number of nitrogens with one attached hydrogen (secondary N) is 2. The first-order valence-corrected chi connectivity index (χ1v) is 11.2. The summed E-state index contributed by atoms with van der Waals surface area (Å²) >= 11 is 0. The lowest BCUT2D eigenvalue weighted by Gasteiger charge is -2.41. The van der Waals surface area contributed by atoms with Crippen molar-refractivity contribution in [1.82, 2.24) is 20.1 Å². The summed E-state index contributed by atoms with van der Waals surface area (Å²) < 4.78 is 5.84. The number of aryl methyl sites for hydroxylation is 2. The van der Waals surface area contributed by atoms with E-state index < -0.39 is 12.3 Å². The first-order chi connectivity index (χ1) is 16.9. The molecule has 2 aromatic carbocycles. The Hall–Kier alpha value is -4.58. The lowest BCUT2D eigenvalue weighted by molar-refractivity contribution is 0.108. The minimum Gasteiger partial charge on any atom is -0.439 e. The second kappa shape index (κ2) is 10.1. The summed E-state index contributed by atoms with van der Waals surface area (Å²) in [6, 6.07) is 17.8. The zero-order valence-electron chi connectivity index (χ0n) is 19.8. The number of aromatic nitrogens is 1. The van der Waals surface area contributed by atoms with Gasteiger partial charge in [-0.05, 0) is 56.2 Å². The zero-order chi connectivity index (χ0) is 24.9. The number of hydrogen-bond donors (Lipinski definition) is 2. The number of nitriles is 1. The highest BCUT2D eigenvalue weighted by molar-refractivity contribution is 5.96. The number of anilines is 1. The molecule has 2 N–H and O–H groups in total. The summed E-state index contributed by atoms with van der Waals surface area (Å²) in [6.45, 7) is 6.24. The van der Waals surface area contributed by atoms with Gasteiger partial charge in [-0.2, -0.15) is 5.26 Å². The maximum absolute atomic E-state index is 13.1. The topological polar surface area (TPSA) is 111 Å². The molecule has 178 valence electrons. The summed E-state index contributed by atoms with van der Waals surface area (Å²) in [4.78, 5) is 32.6. The van der Waals surface area contributed by atoms with Gasteiger partial charge in [0.05, 0.1) is 18.2 Å². The molecule has 3 aromatic rings. The SMILES string of the molecule is CCN1C(=O)NC(Nc2ccc(Oc3cc(C#N)ccn3)c(C)c2)N(Cc2ccc(C)cc2)C1=O. The highest BCUT2D eigenvalue weighted by Gasteiger charge is 2.37. The first kappa shape index (κ1) is 23.6. The predicted molar refractivity (Wildman–Crippen MR) is 131 cm³/mol. The fraction of sp³-hybridized carbons (Fsp3) is 0.231. The van der Waals surface area contributed by atoms with E-state index in [0.29, 0.717) is 29.4 Å². The van der Waals surface area contributed by atoms with Crippen LogP contribution in [-0.2, 0) is 6.54 Å². The summed E-state index contributed by atoms with van der Waals surface area (Å²) in [6.07, 6.45) is 0.781. The minimum atomic E-state index is -0.737. The van der Waals surface area contributed by atoms with Crippen LogP contribution in [0.1, 0.15) is 29.2 Å². The Morgan fingerprint density at radius 3 is 2.57 bits per heavy atom. The van der Waals surface area contributed by atoms with Gasteiger partial charge in [0, 0.05) is 24.5 Å². The molecule has 0 radical (unpaired) electrons. The molecule has 35 heavy (non-hydrogen) atoms. The maximum atomic E-state index is 13.1.